The van der Waals surface area contributed by atoms with Gasteiger partial charge in [0.25, 0.3) is 0 Å². The predicted octanol–water partition coefficient (Wildman–Crippen LogP) is 4.38. The molecule has 0 aliphatic rings. The highest BCUT2D eigenvalue weighted by atomic mass is 16.4. The van der Waals surface area contributed by atoms with Gasteiger partial charge in [-0.3, -0.25) is 0 Å². The minimum atomic E-state index is -0.913. The van der Waals surface area contributed by atoms with Crippen molar-refractivity contribution in [2.24, 2.45) is 0 Å². The van der Waals surface area contributed by atoms with Crippen molar-refractivity contribution < 1.29 is 9.90 Å². The Labute approximate surface area is 119 Å². The normalized spacial score (nSPS) is 11.2. The second-order valence-electron chi connectivity index (χ2n) is 5.35. The molecule has 112 valence electrons. The van der Waals surface area contributed by atoms with Gasteiger partial charge in [-0.15, -0.1) is 0 Å². The number of carboxylic acid groups (broad SMARTS) is 1. The largest absolute Gasteiger partial charge is 0.550 e. The Balaban J connectivity index is 3.05. The molecule has 0 aromatic heterocycles. The van der Waals surface area contributed by atoms with E-state index in [2.05, 4.69) is 19.1 Å². The van der Waals surface area contributed by atoms with Crippen LogP contribution in [0.4, 0.5) is 0 Å². The Morgan fingerprint density at radius 3 is 1.79 bits per heavy atom. The van der Waals surface area contributed by atoms with Gasteiger partial charge in [0.2, 0.25) is 0 Å². The fraction of sp³-hybridized carbons (Fsp3) is 0.824. The van der Waals surface area contributed by atoms with Crippen molar-refractivity contribution in [1.82, 2.24) is 0 Å². The zero-order valence-corrected chi connectivity index (χ0v) is 12.7. The van der Waals surface area contributed by atoms with Gasteiger partial charge >= 0.3 is 0 Å². The fourth-order valence-electron chi connectivity index (χ4n) is 2.16. The first-order chi connectivity index (χ1) is 9.27. The highest BCUT2D eigenvalue weighted by Crippen LogP contribution is 2.09. The molecule has 0 N–H and O–H groups in total. The summed E-state index contributed by atoms with van der Waals surface area (Å²) in [6.45, 7) is 2.24. The van der Waals surface area contributed by atoms with E-state index in [0.29, 0.717) is 0 Å². The van der Waals surface area contributed by atoms with Crippen LogP contribution in [0.3, 0.4) is 0 Å². The van der Waals surface area contributed by atoms with Gasteiger partial charge in [0.1, 0.15) is 0 Å². The number of aliphatic carboxylic acids is 1. The van der Waals surface area contributed by atoms with Crippen molar-refractivity contribution >= 4 is 5.97 Å². The first-order valence-corrected chi connectivity index (χ1v) is 8.12. The molecule has 0 radical (unpaired) electrons. The summed E-state index contributed by atoms with van der Waals surface area (Å²) in [5.41, 5.74) is 0. The van der Waals surface area contributed by atoms with Gasteiger partial charge in [0.15, 0.2) is 0 Å². The molecule has 2 heteroatoms. The Morgan fingerprint density at radius 1 is 0.789 bits per heavy atom. The van der Waals surface area contributed by atoms with E-state index in [4.69, 9.17) is 0 Å². The lowest BCUT2D eigenvalue weighted by molar-refractivity contribution is -0.305. The van der Waals surface area contributed by atoms with Crippen LogP contribution >= 0.6 is 0 Å². The van der Waals surface area contributed by atoms with E-state index in [0.717, 1.165) is 19.3 Å². The molecule has 0 saturated heterocycles. The number of carbonyl (C=O) groups excluding carboxylic acids is 1. The molecule has 19 heavy (non-hydrogen) atoms. The third kappa shape index (κ3) is 17.2. The first-order valence-electron chi connectivity index (χ1n) is 8.12. The molecule has 0 fully saturated rings. The maximum absolute atomic E-state index is 10.2. The molecule has 0 bridgehead atoms. The summed E-state index contributed by atoms with van der Waals surface area (Å²) in [5.74, 6) is -0.913. The predicted molar refractivity (Wildman–Crippen MR) is 79.8 cm³/mol. The molecule has 0 aliphatic carbocycles. The molecular weight excluding hydrogens is 236 g/mol. The van der Waals surface area contributed by atoms with Gasteiger partial charge in [-0.2, -0.15) is 0 Å². The summed E-state index contributed by atoms with van der Waals surface area (Å²) in [4.78, 5) is 10.2. The summed E-state index contributed by atoms with van der Waals surface area (Å²) < 4.78 is 0. The van der Waals surface area contributed by atoms with Crippen LogP contribution in [0.2, 0.25) is 0 Å². The van der Waals surface area contributed by atoms with Crippen LogP contribution in [0.1, 0.15) is 90.4 Å². The third-order valence-corrected chi connectivity index (χ3v) is 3.39. The van der Waals surface area contributed by atoms with E-state index in [1.165, 1.54) is 57.8 Å². The number of carbonyl (C=O) groups is 1. The molecule has 0 heterocycles. The smallest absolute Gasteiger partial charge is 0.0414 e. The summed E-state index contributed by atoms with van der Waals surface area (Å²) in [7, 11) is 0. The monoisotopic (exact) mass is 267 g/mol. The van der Waals surface area contributed by atoms with Crippen LogP contribution in [0, 0.1) is 0 Å². The number of hydrogen-bond donors (Lipinski definition) is 0. The summed E-state index contributed by atoms with van der Waals surface area (Å²) in [5, 5.41) is 10.2. The topological polar surface area (TPSA) is 40.1 Å². The lowest BCUT2D eigenvalue weighted by Gasteiger charge is -2.02. The van der Waals surface area contributed by atoms with Gasteiger partial charge in [-0.25, -0.2) is 0 Å². The molecule has 0 atom stereocenters. The van der Waals surface area contributed by atoms with Crippen molar-refractivity contribution in [3.05, 3.63) is 12.2 Å². The summed E-state index contributed by atoms with van der Waals surface area (Å²) in [6.07, 6.45) is 19.4. The molecule has 2 nitrogen and oxygen atoms in total. The van der Waals surface area contributed by atoms with Crippen molar-refractivity contribution in [3.63, 3.8) is 0 Å². The summed E-state index contributed by atoms with van der Waals surface area (Å²) in [6, 6.07) is 0. The van der Waals surface area contributed by atoms with Crippen molar-refractivity contribution in [3.8, 4) is 0 Å². The van der Waals surface area contributed by atoms with Gasteiger partial charge in [0, 0.05) is 5.97 Å². The van der Waals surface area contributed by atoms with E-state index < -0.39 is 5.97 Å². The number of hydrogen-bond acceptors (Lipinski definition) is 2. The standard InChI is InChI=1S/C17H32O2/c1-2-3-4-5-6-7-8-9-10-11-12-13-14-15-16-17(18)19/h7-8H,2-6,9-16H2,1H3,(H,18,19)/p-1/b8-7+. The lowest BCUT2D eigenvalue weighted by Crippen LogP contribution is -2.21. The minimum Gasteiger partial charge on any atom is -0.550 e. The average molecular weight is 267 g/mol. The molecular formula is C17H31O2-. The Kier molecular flexibility index (Phi) is 14.6. The van der Waals surface area contributed by atoms with E-state index in [-0.39, 0.29) is 6.42 Å². The second kappa shape index (κ2) is 15.3. The quantitative estimate of drug-likeness (QED) is 0.346. The van der Waals surface area contributed by atoms with E-state index >= 15 is 0 Å². The number of allylic oxidation sites excluding steroid dienone is 2. The van der Waals surface area contributed by atoms with Crippen LogP contribution in [-0.2, 0) is 4.79 Å². The Hall–Kier alpha value is -0.790. The van der Waals surface area contributed by atoms with Gasteiger partial charge in [-0.1, -0.05) is 64.0 Å². The maximum atomic E-state index is 10.2. The SMILES string of the molecule is CCCCCC/C=C/CCCCCCCCC(=O)[O-]. The molecule has 0 aliphatic heterocycles. The molecule has 0 amide bonds. The third-order valence-electron chi connectivity index (χ3n) is 3.39. The molecule has 0 rings (SSSR count). The number of carboxylic acids is 1. The maximum Gasteiger partial charge on any atom is 0.0414 e. The summed E-state index contributed by atoms with van der Waals surface area (Å²) >= 11 is 0. The van der Waals surface area contributed by atoms with Crippen molar-refractivity contribution in [2.45, 2.75) is 90.4 Å². The first kappa shape index (κ1) is 18.2. The van der Waals surface area contributed by atoms with Crippen molar-refractivity contribution in [1.29, 1.82) is 0 Å². The average Bonchev–Trinajstić information content (AvgIpc) is 2.39. The van der Waals surface area contributed by atoms with Gasteiger partial charge < -0.3 is 9.90 Å². The van der Waals surface area contributed by atoms with Crippen LogP contribution < -0.4 is 5.11 Å². The molecule has 0 saturated carbocycles. The van der Waals surface area contributed by atoms with Gasteiger partial charge in [0.05, 0.1) is 0 Å². The zero-order valence-electron chi connectivity index (χ0n) is 12.7. The van der Waals surface area contributed by atoms with E-state index in [9.17, 15) is 9.90 Å². The van der Waals surface area contributed by atoms with Gasteiger partial charge in [-0.05, 0) is 38.5 Å². The lowest BCUT2D eigenvalue weighted by atomic mass is 10.1. The minimum absolute atomic E-state index is 0.223. The highest BCUT2D eigenvalue weighted by molar-refractivity contribution is 5.63. The molecule has 0 aromatic carbocycles. The van der Waals surface area contributed by atoms with Crippen molar-refractivity contribution in [2.75, 3.05) is 0 Å². The van der Waals surface area contributed by atoms with Crippen LogP contribution in [0.25, 0.3) is 0 Å². The molecule has 0 unspecified atom stereocenters. The molecule has 0 spiro atoms. The second-order valence-corrected chi connectivity index (χ2v) is 5.35. The number of rotatable bonds is 14. The van der Waals surface area contributed by atoms with E-state index in [1.807, 2.05) is 0 Å². The fourth-order valence-corrected chi connectivity index (χ4v) is 2.16. The van der Waals surface area contributed by atoms with Crippen LogP contribution in [0.15, 0.2) is 12.2 Å². The zero-order chi connectivity index (χ0) is 14.2. The Bertz CT molecular complexity index is 221. The highest BCUT2D eigenvalue weighted by Gasteiger charge is 1.91. The van der Waals surface area contributed by atoms with Crippen LogP contribution in [-0.4, -0.2) is 5.97 Å². The number of unbranched alkanes of at least 4 members (excludes halogenated alkanes) is 10. The molecule has 0 aromatic rings. The Morgan fingerprint density at radius 2 is 1.26 bits per heavy atom. The van der Waals surface area contributed by atoms with E-state index in [1.54, 1.807) is 0 Å². The van der Waals surface area contributed by atoms with Crippen LogP contribution in [0.5, 0.6) is 0 Å².